The van der Waals surface area contributed by atoms with Gasteiger partial charge in [0.25, 0.3) is 11.2 Å². The van der Waals surface area contributed by atoms with Gasteiger partial charge in [0.05, 0.1) is 54.1 Å². The molecular formula is C30H27N3O9S. The summed E-state index contributed by atoms with van der Waals surface area (Å²) in [5.74, 6) is 1.43. The summed E-state index contributed by atoms with van der Waals surface area (Å²) in [5.41, 5.74) is 0.641. The molecule has 2 aromatic heterocycles. The number of aromatic nitrogens is 1. The molecule has 12 nitrogen and oxygen atoms in total. The highest BCUT2D eigenvalue weighted by Crippen LogP contribution is 2.36. The Hall–Kier alpha value is -5.17. The van der Waals surface area contributed by atoms with Crippen LogP contribution >= 0.6 is 11.3 Å². The molecule has 0 radical (unpaired) electrons. The van der Waals surface area contributed by atoms with Crippen molar-refractivity contribution < 1.29 is 33.1 Å². The lowest BCUT2D eigenvalue weighted by Gasteiger charge is -2.23. The van der Waals surface area contributed by atoms with E-state index in [-0.39, 0.29) is 11.3 Å². The van der Waals surface area contributed by atoms with Gasteiger partial charge in [0.15, 0.2) is 16.3 Å². The third kappa shape index (κ3) is 5.66. The fourth-order valence-electron chi connectivity index (χ4n) is 4.69. The summed E-state index contributed by atoms with van der Waals surface area (Å²) in [5, 5.41) is 11.3. The second-order valence-corrected chi connectivity index (χ2v) is 10.1. The number of nitro groups is 1. The summed E-state index contributed by atoms with van der Waals surface area (Å²) < 4.78 is 29.5. The lowest BCUT2D eigenvalue weighted by Crippen LogP contribution is -2.39. The largest absolute Gasteiger partial charge is 0.496 e. The highest BCUT2D eigenvalue weighted by molar-refractivity contribution is 7.07. The van der Waals surface area contributed by atoms with Gasteiger partial charge in [0.1, 0.15) is 17.3 Å². The highest BCUT2D eigenvalue weighted by atomic mass is 32.1. The van der Waals surface area contributed by atoms with Crippen molar-refractivity contribution in [3.8, 4) is 28.6 Å². The van der Waals surface area contributed by atoms with Crippen molar-refractivity contribution in [3.63, 3.8) is 0 Å². The van der Waals surface area contributed by atoms with Gasteiger partial charge in [-0.05, 0) is 49.7 Å². The summed E-state index contributed by atoms with van der Waals surface area (Å²) in [7, 11) is 2.72. The highest BCUT2D eigenvalue weighted by Gasteiger charge is 2.31. The Morgan fingerprint density at radius 1 is 1.07 bits per heavy atom. The number of fused-ring (bicyclic) bond motifs is 1. The number of methoxy groups -OCH3 is 2. The molecule has 0 spiro atoms. The molecule has 13 heteroatoms. The molecule has 0 unspecified atom stereocenters. The van der Waals surface area contributed by atoms with E-state index in [1.54, 1.807) is 36.4 Å². The van der Waals surface area contributed by atoms with Crippen molar-refractivity contribution in [1.82, 2.24) is 4.57 Å². The molecule has 222 valence electrons. The van der Waals surface area contributed by atoms with E-state index in [4.69, 9.17) is 23.4 Å². The molecule has 0 saturated heterocycles. The second-order valence-electron chi connectivity index (χ2n) is 9.09. The quantitative estimate of drug-likeness (QED) is 0.149. The van der Waals surface area contributed by atoms with E-state index < -0.39 is 22.5 Å². The first-order valence-corrected chi connectivity index (χ1v) is 14.0. The van der Waals surface area contributed by atoms with Crippen molar-refractivity contribution in [2.75, 3.05) is 27.4 Å². The Kier molecular flexibility index (Phi) is 8.44. The first kappa shape index (κ1) is 29.3. The monoisotopic (exact) mass is 605 g/mol. The topological polar surface area (TPSA) is 145 Å². The van der Waals surface area contributed by atoms with Crippen LogP contribution in [0.4, 0.5) is 5.69 Å². The summed E-state index contributed by atoms with van der Waals surface area (Å²) in [6.07, 6.45) is 2.96. The summed E-state index contributed by atoms with van der Waals surface area (Å²) >= 11 is 1.12. The van der Waals surface area contributed by atoms with Gasteiger partial charge in [-0.25, -0.2) is 9.79 Å². The number of ether oxygens (including phenoxy) is 4. The zero-order chi connectivity index (χ0) is 30.7. The first-order chi connectivity index (χ1) is 20.8. The molecular weight excluding hydrogens is 578 g/mol. The molecule has 1 aliphatic rings. The minimum Gasteiger partial charge on any atom is -0.496 e. The molecule has 5 rings (SSSR count). The molecule has 0 aliphatic carbocycles. The number of hydrogen-bond donors (Lipinski definition) is 0. The lowest BCUT2D eigenvalue weighted by molar-refractivity contribution is -0.384. The van der Waals surface area contributed by atoms with Crippen molar-refractivity contribution in [2.45, 2.75) is 19.9 Å². The number of carbonyl (C=O) groups excluding carboxylic acids is 1. The zero-order valence-corrected chi connectivity index (χ0v) is 24.5. The number of rotatable bonds is 10. The van der Waals surface area contributed by atoms with Gasteiger partial charge in [0, 0.05) is 24.4 Å². The molecule has 1 atom stereocenters. The van der Waals surface area contributed by atoms with Crippen molar-refractivity contribution in [2.24, 2.45) is 4.99 Å². The van der Waals surface area contributed by atoms with Crippen molar-refractivity contribution in [1.29, 1.82) is 0 Å². The number of nitrogens with zero attached hydrogens (tertiary/aromatic N) is 3. The number of hydrogen-bond acceptors (Lipinski definition) is 11. The Labute approximate surface area is 248 Å². The number of furan rings is 1. The van der Waals surface area contributed by atoms with Crippen LogP contribution in [0.2, 0.25) is 0 Å². The number of esters is 1. The molecule has 4 aromatic rings. The Bertz CT molecular complexity index is 1920. The predicted octanol–water partition coefficient (Wildman–Crippen LogP) is 3.99. The first-order valence-electron chi connectivity index (χ1n) is 13.2. The van der Waals surface area contributed by atoms with Gasteiger partial charge >= 0.3 is 5.97 Å². The van der Waals surface area contributed by atoms with E-state index in [1.165, 1.54) is 43.2 Å². The van der Waals surface area contributed by atoms with Gasteiger partial charge in [-0.1, -0.05) is 17.4 Å². The SMILES string of the molecule is CCOc1ccc([C@H]2C(C(=O)OC)=CN=c3s/c(=C/c4ccc(-c5cc([N+](=O)[O-])ccc5OC)o4)c(=O)n32)cc1OCC. The van der Waals surface area contributed by atoms with Crippen LogP contribution < -0.4 is 29.1 Å². The number of carbonyl (C=O) groups is 1. The van der Waals surface area contributed by atoms with E-state index in [2.05, 4.69) is 4.99 Å². The van der Waals surface area contributed by atoms with E-state index in [1.807, 2.05) is 13.8 Å². The van der Waals surface area contributed by atoms with Gasteiger partial charge in [-0.15, -0.1) is 0 Å². The average Bonchev–Trinajstić information content (AvgIpc) is 3.61. The molecule has 43 heavy (non-hydrogen) atoms. The Balaban J connectivity index is 1.61. The zero-order valence-electron chi connectivity index (χ0n) is 23.7. The van der Waals surface area contributed by atoms with Crippen LogP contribution in [-0.2, 0) is 9.53 Å². The van der Waals surface area contributed by atoms with Gasteiger partial charge in [-0.2, -0.15) is 0 Å². The van der Waals surface area contributed by atoms with Crippen LogP contribution in [0.15, 0.2) is 74.5 Å². The van der Waals surface area contributed by atoms with Gasteiger partial charge in [0.2, 0.25) is 0 Å². The Morgan fingerprint density at radius 2 is 1.81 bits per heavy atom. The van der Waals surface area contributed by atoms with Crippen LogP contribution in [0.25, 0.3) is 17.4 Å². The normalized spacial score (nSPS) is 14.4. The predicted molar refractivity (Wildman–Crippen MR) is 157 cm³/mol. The molecule has 0 bridgehead atoms. The number of benzene rings is 2. The maximum absolute atomic E-state index is 13.8. The van der Waals surface area contributed by atoms with Gasteiger partial charge < -0.3 is 23.4 Å². The standard InChI is InChI=1S/C30H27N3O9S/c1-5-40-24-10-7-17(13-25(24)41-6-2)27-21(29(35)39-4)16-31-30-32(27)28(34)26(43-30)15-19-9-12-23(42-19)20-14-18(33(36)37)8-11-22(20)38-3/h7-16,27H,5-6H2,1-4H3/b26-15+/t27-/m0/s1. The number of non-ortho nitro benzene ring substituents is 1. The summed E-state index contributed by atoms with van der Waals surface area (Å²) in [6.45, 7) is 4.53. The van der Waals surface area contributed by atoms with Crippen molar-refractivity contribution in [3.05, 3.63) is 101 Å². The molecule has 0 amide bonds. The third-order valence-corrected chi connectivity index (χ3v) is 7.56. The Morgan fingerprint density at radius 3 is 2.51 bits per heavy atom. The van der Waals surface area contributed by atoms with Crippen LogP contribution in [0.3, 0.4) is 0 Å². The van der Waals surface area contributed by atoms with Gasteiger partial charge in [-0.3, -0.25) is 19.5 Å². The maximum Gasteiger partial charge on any atom is 0.337 e. The van der Waals surface area contributed by atoms with Crippen molar-refractivity contribution >= 4 is 29.1 Å². The number of nitro benzene ring substituents is 1. The lowest BCUT2D eigenvalue weighted by atomic mass is 9.97. The maximum atomic E-state index is 13.8. The van der Waals surface area contributed by atoms with E-state index in [0.29, 0.717) is 62.4 Å². The summed E-state index contributed by atoms with van der Waals surface area (Å²) in [6, 6.07) is 11.9. The molecule has 1 aliphatic heterocycles. The minimum atomic E-state index is -0.845. The third-order valence-electron chi connectivity index (χ3n) is 6.57. The molecule has 0 N–H and O–H groups in total. The molecule has 0 saturated carbocycles. The molecule has 0 fully saturated rings. The minimum absolute atomic E-state index is 0.120. The van der Waals surface area contributed by atoms with Crippen LogP contribution in [-0.4, -0.2) is 42.9 Å². The molecule has 3 heterocycles. The average molecular weight is 606 g/mol. The van der Waals surface area contributed by atoms with Crippen LogP contribution in [0.1, 0.15) is 31.2 Å². The van der Waals surface area contributed by atoms with Crippen LogP contribution in [0.5, 0.6) is 17.2 Å². The fourth-order valence-corrected chi connectivity index (χ4v) is 5.64. The summed E-state index contributed by atoms with van der Waals surface area (Å²) in [4.78, 5) is 42.2. The van der Waals surface area contributed by atoms with Crippen LogP contribution in [0, 0.1) is 10.1 Å². The van der Waals surface area contributed by atoms with E-state index >= 15 is 0 Å². The molecule has 2 aromatic carbocycles. The second kappa shape index (κ2) is 12.4. The van der Waals surface area contributed by atoms with E-state index in [0.717, 1.165) is 11.3 Å². The fraction of sp³-hybridized carbons (Fsp3) is 0.233. The van der Waals surface area contributed by atoms with E-state index in [9.17, 15) is 19.7 Å². The number of thiazole rings is 1. The smallest absolute Gasteiger partial charge is 0.337 e.